The fourth-order valence-corrected chi connectivity index (χ4v) is 3.88. The third-order valence-corrected chi connectivity index (χ3v) is 5.43. The first-order chi connectivity index (χ1) is 15.4. The lowest BCUT2D eigenvalue weighted by atomic mass is 9.92. The summed E-state index contributed by atoms with van der Waals surface area (Å²) in [6, 6.07) is 3.92. The number of aliphatic hydroxyl groups is 3. The standard InChI is InChI=1S/C21H22O12/c1-21(30)6-12(26)16(28)20(33-21)32-19-17(29)14-9(23)4-8(22)5-13(14)31-18(19)7-2-10(24)15(27)11(25)3-7/h2-5,12,16,18-20,22-28,30H,6H2,1H3/t12-,16-,18?,19?,20?,21+/m1/s1. The molecule has 33 heavy (non-hydrogen) atoms. The van der Waals surface area contributed by atoms with Crippen molar-refractivity contribution in [2.24, 2.45) is 0 Å². The maximum Gasteiger partial charge on any atom is 0.203 e. The number of aromatic hydroxyl groups is 5. The molecule has 2 heterocycles. The zero-order valence-electron chi connectivity index (χ0n) is 17.1. The summed E-state index contributed by atoms with van der Waals surface area (Å²) in [5.74, 6) is -6.38. The first kappa shape index (κ1) is 22.9. The van der Waals surface area contributed by atoms with E-state index in [1.54, 1.807) is 0 Å². The van der Waals surface area contributed by atoms with Gasteiger partial charge >= 0.3 is 0 Å². The van der Waals surface area contributed by atoms with Crippen LogP contribution in [0.3, 0.4) is 0 Å². The third kappa shape index (κ3) is 4.10. The lowest BCUT2D eigenvalue weighted by molar-refractivity contribution is -0.358. The molecule has 12 nitrogen and oxygen atoms in total. The molecule has 2 aliphatic rings. The van der Waals surface area contributed by atoms with E-state index in [1.807, 2.05) is 0 Å². The number of carbonyl (C=O) groups excluding carboxylic acids is 1. The minimum atomic E-state index is -1.90. The van der Waals surface area contributed by atoms with E-state index in [0.29, 0.717) is 0 Å². The minimum Gasteiger partial charge on any atom is -0.508 e. The SMILES string of the molecule is C[C@@]1(O)C[C@@H](O)[C@@H](O)C(OC2C(=O)c3c(O)cc(O)cc3OC2c2cc(O)c(O)c(O)c2)O1. The van der Waals surface area contributed by atoms with Gasteiger partial charge in [-0.3, -0.25) is 4.79 Å². The van der Waals surface area contributed by atoms with Crippen molar-refractivity contribution in [3.05, 3.63) is 35.4 Å². The van der Waals surface area contributed by atoms with E-state index < -0.39 is 71.0 Å². The highest BCUT2D eigenvalue weighted by atomic mass is 16.8. The molecule has 0 saturated carbocycles. The minimum absolute atomic E-state index is 0.0627. The van der Waals surface area contributed by atoms with Gasteiger partial charge in [0.15, 0.2) is 41.5 Å². The average molecular weight is 466 g/mol. The zero-order valence-corrected chi connectivity index (χ0v) is 17.1. The van der Waals surface area contributed by atoms with Crippen LogP contribution in [0.15, 0.2) is 24.3 Å². The molecule has 2 aromatic rings. The number of aliphatic hydroxyl groups excluding tert-OH is 2. The number of fused-ring (bicyclic) bond motifs is 1. The molecule has 0 aromatic heterocycles. The Kier molecular flexibility index (Phi) is 5.50. The van der Waals surface area contributed by atoms with Crippen LogP contribution in [-0.4, -0.2) is 77.0 Å². The van der Waals surface area contributed by atoms with Crippen LogP contribution in [0.25, 0.3) is 0 Å². The molecule has 178 valence electrons. The Morgan fingerprint density at radius 2 is 1.64 bits per heavy atom. The summed E-state index contributed by atoms with van der Waals surface area (Å²) in [5, 5.41) is 80.0. The van der Waals surface area contributed by atoms with Crippen LogP contribution in [0, 0.1) is 0 Å². The fraction of sp³-hybridized carbons (Fsp3) is 0.381. The van der Waals surface area contributed by atoms with E-state index in [4.69, 9.17) is 14.2 Å². The summed E-state index contributed by atoms with van der Waals surface area (Å²) in [6.07, 6.45) is -8.34. The number of phenols is 5. The highest BCUT2D eigenvalue weighted by Gasteiger charge is 2.48. The molecule has 0 radical (unpaired) electrons. The largest absolute Gasteiger partial charge is 0.508 e. The van der Waals surface area contributed by atoms with Crippen molar-refractivity contribution < 1.29 is 59.9 Å². The zero-order chi connectivity index (χ0) is 24.2. The summed E-state index contributed by atoms with van der Waals surface area (Å²) >= 11 is 0. The molecule has 1 fully saturated rings. The summed E-state index contributed by atoms with van der Waals surface area (Å²) < 4.78 is 16.6. The van der Waals surface area contributed by atoms with Crippen molar-refractivity contribution in [2.75, 3.05) is 0 Å². The van der Waals surface area contributed by atoms with Gasteiger partial charge in [-0.1, -0.05) is 0 Å². The molecule has 0 bridgehead atoms. The predicted molar refractivity (Wildman–Crippen MR) is 106 cm³/mol. The molecule has 3 unspecified atom stereocenters. The predicted octanol–water partition coefficient (Wildman–Crippen LogP) is 0.0929. The number of ether oxygens (including phenoxy) is 3. The Morgan fingerprint density at radius 1 is 1.00 bits per heavy atom. The molecule has 0 aliphatic carbocycles. The van der Waals surface area contributed by atoms with Crippen molar-refractivity contribution in [3.63, 3.8) is 0 Å². The Bertz CT molecular complexity index is 1070. The Balaban J connectivity index is 1.79. The third-order valence-electron chi connectivity index (χ3n) is 5.43. The molecule has 2 aliphatic heterocycles. The Morgan fingerprint density at radius 3 is 2.27 bits per heavy atom. The van der Waals surface area contributed by atoms with Gasteiger partial charge in [0.2, 0.25) is 5.78 Å². The van der Waals surface area contributed by atoms with Crippen molar-refractivity contribution in [2.45, 2.75) is 49.8 Å². The van der Waals surface area contributed by atoms with E-state index in [0.717, 1.165) is 24.3 Å². The molecular weight excluding hydrogens is 444 g/mol. The topological polar surface area (TPSA) is 207 Å². The smallest absolute Gasteiger partial charge is 0.203 e. The van der Waals surface area contributed by atoms with Gasteiger partial charge < -0.3 is 55.1 Å². The average Bonchev–Trinajstić information content (AvgIpc) is 2.70. The molecule has 0 spiro atoms. The van der Waals surface area contributed by atoms with Gasteiger partial charge in [0.1, 0.15) is 28.9 Å². The van der Waals surface area contributed by atoms with Gasteiger partial charge in [0.25, 0.3) is 0 Å². The quantitative estimate of drug-likeness (QED) is 0.283. The molecule has 1 saturated heterocycles. The highest BCUT2D eigenvalue weighted by molar-refractivity contribution is 6.05. The number of benzene rings is 2. The summed E-state index contributed by atoms with van der Waals surface area (Å²) in [7, 11) is 0. The summed E-state index contributed by atoms with van der Waals surface area (Å²) in [6.45, 7) is 1.22. The second kappa shape index (κ2) is 7.93. The second-order valence-corrected chi connectivity index (χ2v) is 8.13. The molecule has 8 N–H and O–H groups in total. The molecule has 6 atom stereocenters. The number of Topliss-reactive ketones (excluding diaryl/α,β-unsaturated/α-hetero) is 1. The van der Waals surface area contributed by atoms with E-state index in [-0.39, 0.29) is 23.3 Å². The van der Waals surface area contributed by atoms with E-state index in [2.05, 4.69) is 0 Å². The van der Waals surface area contributed by atoms with Crippen molar-refractivity contribution >= 4 is 5.78 Å². The monoisotopic (exact) mass is 466 g/mol. The highest BCUT2D eigenvalue weighted by Crippen LogP contribution is 2.46. The first-order valence-electron chi connectivity index (χ1n) is 9.81. The Hall–Kier alpha value is -3.29. The van der Waals surface area contributed by atoms with Gasteiger partial charge in [-0.05, 0) is 19.1 Å². The van der Waals surface area contributed by atoms with Gasteiger partial charge in [0, 0.05) is 24.1 Å². The summed E-state index contributed by atoms with van der Waals surface area (Å²) in [5.41, 5.74) is -0.425. The van der Waals surface area contributed by atoms with Crippen molar-refractivity contribution in [1.82, 2.24) is 0 Å². The van der Waals surface area contributed by atoms with Crippen molar-refractivity contribution in [3.8, 4) is 34.5 Å². The fourth-order valence-electron chi connectivity index (χ4n) is 3.88. The lowest BCUT2D eigenvalue weighted by Crippen LogP contribution is -2.56. The van der Waals surface area contributed by atoms with E-state index in [9.17, 15) is 45.6 Å². The number of carbonyl (C=O) groups is 1. The van der Waals surface area contributed by atoms with Crippen LogP contribution in [0.1, 0.15) is 35.4 Å². The van der Waals surface area contributed by atoms with Crippen LogP contribution in [0.5, 0.6) is 34.5 Å². The molecule has 2 aromatic carbocycles. The molecular formula is C21H22O12. The maximum absolute atomic E-state index is 13.3. The first-order valence-corrected chi connectivity index (χ1v) is 9.81. The van der Waals surface area contributed by atoms with E-state index >= 15 is 0 Å². The van der Waals surface area contributed by atoms with Crippen LogP contribution < -0.4 is 4.74 Å². The lowest BCUT2D eigenvalue weighted by Gasteiger charge is -2.42. The van der Waals surface area contributed by atoms with Crippen LogP contribution in [-0.2, 0) is 9.47 Å². The van der Waals surface area contributed by atoms with Crippen LogP contribution >= 0.6 is 0 Å². The molecule has 0 amide bonds. The molecule has 4 rings (SSSR count). The van der Waals surface area contributed by atoms with Gasteiger partial charge in [-0.15, -0.1) is 0 Å². The van der Waals surface area contributed by atoms with Gasteiger partial charge in [-0.25, -0.2) is 0 Å². The van der Waals surface area contributed by atoms with Gasteiger partial charge in [0.05, 0.1) is 6.10 Å². The van der Waals surface area contributed by atoms with Crippen LogP contribution in [0.4, 0.5) is 0 Å². The number of rotatable bonds is 3. The normalized spacial score (nSPS) is 31.6. The number of phenolic OH excluding ortho intramolecular Hbond substituents is 5. The van der Waals surface area contributed by atoms with E-state index in [1.165, 1.54) is 6.92 Å². The van der Waals surface area contributed by atoms with Gasteiger partial charge in [-0.2, -0.15) is 0 Å². The maximum atomic E-state index is 13.3. The Labute approximate surface area is 186 Å². The summed E-state index contributed by atoms with van der Waals surface area (Å²) in [4.78, 5) is 13.3. The molecule has 12 heteroatoms. The van der Waals surface area contributed by atoms with Crippen LogP contribution in [0.2, 0.25) is 0 Å². The number of ketones is 1. The second-order valence-electron chi connectivity index (χ2n) is 8.13. The van der Waals surface area contributed by atoms with Crippen molar-refractivity contribution in [1.29, 1.82) is 0 Å². The number of hydrogen-bond acceptors (Lipinski definition) is 12. The number of hydrogen-bond donors (Lipinski definition) is 8.